The number of rotatable bonds is 3. The van der Waals surface area contributed by atoms with Crippen LogP contribution in [-0.2, 0) is 11.3 Å². The maximum atomic E-state index is 12.5. The summed E-state index contributed by atoms with van der Waals surface area (Å²) in [7, 11) is 1.79. The van der Waals surface area contributed by atoms with Crippen molar-refractivity contribution in [3.8, 4) is 0 Å². The summed E-state index contributed by atoms with van der Waals surface area (Å²) in [5.41, 5.74) is 6.93. The Kier molecular flexibility index (Phi) is 5.30. The number of hydrogen-bond donors (Lipinski definition) is 1. The Bertz CT molecular complexity index is 493. The van der Waals surface area contributed by atoms with Gasteiger partial charge in [-0.15, -0.1) is 0 Å². The molecule has 1 aromatic rings. The van der Waals surface area contributed by atoms with Crippen molar-refractivity contribution in [2.75, 3.05) is 7.05 Å². The minimum atomic E-state index is -0.0632. The van der Waals surface area contributed by atoms with Crippen LogP contribution in [0.1, 0.15) is 31.2 Å². The van der Waals surface area contributed by atoms with E-state index < -0.39 is 0 Å². The van der Waals surface area contributed by atoms with Crippen LogP contribution in [0.2, 0.25) is 10.0 Å². The van der Waals surface area contributed by atoms with Crippen LogP contribution in [0, 0.1) is 5.92 Å². The van der Waals surface area contributed by atoms with E-state index in [9.17, 15) is 4.79 Å². The summed E-state index contributed by atoms with van der Waals surface area (Å²) in [6.07, 6.45) is 4.01. The molecular weight excluding hydrogens is 295 g/mol. The van der Waals surface area contributed by atoms with Crippen molar-refractivity contribution in [3.05, 3.63) is 33.8 Å². The fourth-order valence-electron chi connectivity index (χ4n) is 2.75. The van der Waals surface area contributed by atoms with E-state index in [-0.39, 0.29) is 17.9 Å². The number of hydrogen-bond acceptors (Lipinski definition) is 2. The predicted octanol–water partition coefficient (Wildman–Crippen LogP) is 3.47. The molecule has 0 saturated heterocycles. The van der Waals surface area contributed by atoms with Gasteiger partial charge < -0.3 is 10.6 Å². The summed E-state index contributed by atoms with van der Waals surface area (Å²) < 4.78 is 0. The highest BCUT2D eigenvalue weighted by Gasteiger charge is 2.30. The number of nitrogens with two attached hydrogens (primary N) is 1. The molecule has 1 aromatic carbocycles. The molecule has 0 aliphatic heterocycles. The third-order valence-corrected chi connectivity index (χ3v) is 4.81. The summed E-state index contributed by atoms with van der Waals surface area (Å²) in [5.74, 6) is 0.0416. The second kappa shape index (κ2) is 6.79. The first-order chi connectivity index (χ1) is 9.50. The molecule has 0 heterocycles. The van der Waals surface area contributed by atoms with Crippen molar-refractivity contribution >= 4 is 29.1 Å². The standard InChI is InChI=1S/C15H20Cl2N2O/c1-19(9-10-5-4-7-12(16)14(10)17)15(20)11-6-2-3-8-13(11)18/h4-5,7,11,13H,2-3,6,8-9,18H2,1H3. The lowest BCUT2D eigenvalue weighted by molar-refractivity contribution is -0.136. The van der Waals surface area contributed by atoms with E-state index in [0.717, 1.165) is 31.2 Å². The second-order valence-electron chi connectivity index (χ2n) is 5.46. The maximum absolute atomic E-state index is 12.5. The van der Waals surface area contributed by atoms with Gasteiger partial charge >= 0.3 is 0 Å². The number of carbonyl (C=O) groups is 1. The number of carbonyl (C=O) groups excluding carboxylic acids is 1. The van der Waals surface area contributed by atoms with Crippen molar-refractivity contribution in [2.24, 2.45) is 11.7 Å². The van der Waals surface area contributed by atoms with E-state index in [1.54, 1.807) is 18.0 Å². The van der Waals surface area contributed by atoms with Gasteiger partial charge in [-0.3, -0.25) is 4.79 Å². The average molecular weight is 315 g/mol. The highest BCUT2D eigenvalue weighted by molar-refractivity contribution is 6.42. The van der Waals surface area contributed by atoms with Gasteiger partial charge in [-0.25, -0.2) is 0 Å². The van der Waals surface area contributed by atoms with E-state index in [4.69, 9.17) is 28.9 Å². The molecule has 20 heavy (non-hydrogen) atoms. The van der Waals surface area contributed by atoms with Crippen LogP contribution in [0.15, 0.2) is 18.2 Å². The minimum Gasteiger partial charge on any atom is -0.341 e. The van der Waals surface area contributed by atoms with E-state index in [1.165, 1.54) is 0 Å². The van der Waals surface area contributed by atoms with E-state index in [0.29, 0.717) is 16.6 Å². The van der Waals surface area contributed by atoms with E-state index >= 15 is 0 Å². The Balaban J connectivity index is 2.05. The number of nitrogens with zero attached hydrogens (tertiary/aromatic N) is 1. The van der Waals surface area contributed by atoms with E-state index in [2.05, 4.69) is 0 Å². The lowest BCUT2D eigenvalue weighted by atomic mass is 9.84. The third-order valence-electron chi connectivity index (χ3n) is 3.95. The van der Waals surface area contributed by atoms with Gasteiger partial charge in [-0.05, 0) is 24.5 Å². The molecule has 3 nitrogen and oxygen atoms in total. The van der Waals surface area contributed by atoms with Gasteiger partial charge in [0.05, 0.1) is 16.0 Å². The molecule has 5 heteroatoms. The largest absolute Gasteiger partial charge is 0.341 e. The van der Waals surface area contributed by atoms with Gasteiger partial charge in [0.1, 0.15) is 0 Å². The first-order valence-electron chi connectivity index (χ1n) is 6.94. The molecule has 1 amide bonds. The zero-order valence-corrected chi connectivity index (χ0v) is 13.1. The average Bonchev–Trinajstić information content (AvgIpc) is 2.43. The van der Waals surface area contributed by atoms with Crippen LogP contribution in [0.25, 0.3) is 0 Å². The molecule has 1 aliphatic carbocycles. The molecule has 0 radical (unpaired) electrons. The van der Waals surface area contributed by atoms with Crippen molar-refractivity contribution in [1.82, 2.24) is 4.90 Å². The Hall–Kier alpha value is -0.770. The molecule has 2 atom stereocenters. The van der Waals surface area contributed by atoms with Gasteiger partial charge in [0.25, 0.3) is 0 Å². The van der Waals surface area contributed by atoms with Crippen molar-refractivity contribution in [3.63, 3.8) is 0 Å². The lowest BCUT2D eigenvalue weighted by Crippen LogP contribution is -2.44. The highest BCUT2D eigenvalue weighted by atomic mass is 35.5. The molecule has 2 N–H and O–H groups in total. The zero-order valence-electron chi connectivity index (χ0n) is 11.6. The molecule has 2 unspecified atom stereocenters. The van der Waals surface area contributed by atoms with Crippen LogP contribution < -0.4 is 5.73 Å². The van der Waals surface area contributed by atoms with Crippen LogP contribution in [0.5, 0.6) is 0 Å². The fraction of sp³-hybridized carbons (Fsp3) is 0.533. The van der Waals surface area contributed by atoms with E-state index in [1.807, 2.05) is 12.1 Å². The summed E-state index contributed by atoms with van der Waals surface area (Å²) in [6, 6.07) is 5.45. The quantitative estimate of drug-likeness (QED) is 0.928. The smallest absolute Gasteiger partial charge is 0.227 e. The van der Waals surface area contributed by atoms with Crippen molar-refractivity contribution < 1.29 is 4.79 Å². The normalized spacial score (nSPS) is 22.6. The van der Waals surface area contributed by atoms with Crippen LogP contribution in [0.3, 0.4) is 0 Å². The Morgan fingerprint density at radius 3 is 2.75 bits per heavy atom. The molecule has 2 rings (SSSR count). The first-order valence-corrected chi connectivity index (χ1v) is 7.69. The Morgan fingerprint density at radius 2 is 2.05 bits per heavy atom. The van der Waals surface area contributed by atoms with Crippen LogP contribution in [0.4, 0.5) is 0 Å². The molecule has 0 bridgehead atoms. The van der Waals surface area contributed by atoms with Crippen molar-refractivity contribution in [1.29, 1.82) is 0 Å². The summed E-state index contributed by atoms with van der Waals surface area (Å²) in [6.45, 7) is 0.460. The highest BCUT2D eigenvalue weighted by Crippen LogP contribution is 2.28. The second-order valence-corrected chi connectivity index (χ2v) is 6.25. The van der Waals surface area contributed by atoms with Gasteiger partial charge in [-0.2, -0.15) is 0 Å². The maximum Gasteiger partial charge on any atom is 0.227 e. The molecule has 1 aliphatic rings. The summed E-state index contributed by atoms with van der Waals surface area (Å²) >= 11 is 12.2. The van der Waals surface area contributed by atoms with Gasteiger partial charge in [-0.1, -0.05) is 48.2 Å². The number of halogens is 2. The SMILES string of the molecule is CN(Cc1cccc(Cl)c1Cl)C(=O)C1CCCCC1N. The topological polar surface area (TPSA) is 46.3 Å². The monoisotopic (exact) mass is 314 g/mol. The molecule has 110 valence electrons. The zero-order chi connectivity index (χ0) is 14.7. The molecule has 0 aromatic heterocycles. The van der Waals surface area contributed by atoms with Gasteiger partial charge in [0.15, 0.2) is 0 Å². The van der Waals surface area contributed by atoms with Gasteiger partial charge in [0, 0.05) is 19.6 Å². The predicted molar refractivity (Wildman–Crippen MR) is 82.9 cm³/mol. The van der Waals surface area contributed by atoms with Gasteiger partial charge in [0.2, 0.25) is 5.91 Å². The van der Waals surface area contributed by atoms with Crippen LogP contribution >= 0.6 is 23.2 Å². The Labute approximate surface area is 130 Å². The number of amides is 1. The minimum absolute atomic E-state index is 0.0199. The molecular formula is C15H20Cl2N2O. The summed E-state index contributed by atoms with van der Waals surface area (Å²) in [4.78, 5) is 14.2. The first kappa shape index (κ1) is 15.6. The van der Waals surface area contributed by atoms with Crippen LogP contribution in [-0.4, -0.2) is 23.9 Å². The lowest BCUT2D eigenvalue weighted by Gasteiger charge is -2.31. The number of benzene rings is 1. The molecule has 1 fully saturated rings. The Morgan fingerprint density at radius 1 is 1.35 bits per heavy atom. The third kappa shape index (κ3) is 3.46. The van der Waals surface area contributed by atoms with Crippen molar-refractivity contribution in [2.45, 2.75) is 38.3 Å². The summed E-state index contributed by atoms with van der Waals surface area (Å²) in [5, 5.41) is 1.03. The molecule has 1 saturated carbocycles. The fourth-order valence-corrected chi connectivity index (χ4v) is 3.13. The molecule has 0 spiro atoms.